The highest BCUT2D eigenvalue weighted by Gasteiger charge is 2.24. The molecule has 2 N–H and O–H groups in total. The van der Waals surface area contributed by atoms with Crippen LogP contribution in [0, 0.1) is 0 Å². The van der Waals surface area contributed by atoms with E-state index in [0.717, 1.165) is 25.3 Å². The number of nitrogens with zero attached hydrogens (tertiary/aromatic N) is 1. The molecule has 2 rings (SSSR count). The fraction of sp³-hybridized carbons (Fsp3) is 0.571. The van der Waals surface area contributed by atoms with Gasteiger partial charge in [0, 0.05) is 18.8 Å². The maximum atomic E-state index is 5.88. The Morgan fingerprint density at radius 3 is 2.67 bits per heavy atom. The Hall–Kier alpha value is -1.26. The van der Waals surface area contributed by atoms with Crippen LogP contribution in [0.2, 0.25) is 0 Å². The number of anilines is 1. The molecule has 1 aliphatic heterocycles. The van der Waals surface area contributed by atoms with Crippen molar-refractivity contribution in [2.75, 3.05) is 31.6 Å². The van der Waals surface area contributed by atoms with Gasteiger partial charge in [-0.2, -0.15) is 0 Å². The molecule has 100 valence electrons. The summed E-state index contributed by atoms with van der Waals surface area (Å²) in [5.41, 5.74) is 6.83. The SMILES string of the molecule is COc1ccc(N2CC(C)OC(CCN)C2)cc1. The minimum Gasteiger partial charge on any atom is -0.497 e. The molecule has 1 saturated heterocycles. The van der Waals surface area contributed by atoms with E-state index in [1.807, 2.05) is 12.1 Å². The fourth-order valence-electron chi connectivity index (χ4n) is 2.39. The number of hydrogen-bond donors (Lipinski definition) is 1. The topological polar surface area (TPSA) is 47.7 Å². The van der Waals surface area contributed by atoms with Gasteiger partial charge in [0.2, 0.25) is 0 Å². The monoisotopic (exact) mass is 250 g/mol. The largest absolute Gasteiger partial charge is 0.497 e. The predicted octanol–water partition coefficient (Wildman–Crippen LogP) is 1.64. The van der Waals surface area contributed by atoms with Crippen molar-refractivity contribution < 1.29 is 9.47 Å². The molecule has 1 heterocycles. The molecule has 0 bridgehead atoms. The van der Waals surface area contributed by atoms with Gasteiger partial charge in [-0.1, -0.05) is 0 Å². The second-order valence-electron chi connectivity index (χ2n) is 4.75. The predicted molar refractivity (Wildman–Crippen MR) is 73.2 cm³/mol. The number of hydrogen-bond acceptors (Lipinski definition) is 4. The molecule has 1 aromatic carbocycles. The molecule has 2 unspecified atom stereocenters. The molecular weight excluding hydrogens is 228 g/mol. The zero-order valence-electron chi connectivity index (χ0n) is 11.1. The second-order valence-corrected chi connectivity index (χ2v) is 4.75. The standard InChI is InChI=1S/C14H22N2O2/c1-11-9-16(10-14(18-11)7-8-15)12-3-5-13(17-2)6-4-12/h3-6,11,14H,7-10,15H2,1-2H3. The summed E-state index contributed by atoms with van der Waals surface area (Å²) in [6.07, 6.45) is 1.40. The lowest BCUT2D eigenvalue weighted by Gasteiger charge is -2.38. The van der Waals surface area contributed by atoms with Crippen molar-refractivity contribution in [1.82, 2.24) is 0 Å². The first-order valence-electron chi connectivity index (χ1n) is 6.47. The van der Waals surface area contributed by atoms with Gasteiger partial charge in [-0.05, 0) is 44.2 Å². The maximum Gasteiger partial charge on any atom is 0.119 e. The Balaban J connectivity index is 2.06. The van der Waals surface area contributed by atoms with Crippen molar-refractivity contribution in [2.45, 2.75) is 25.6 Å². The van der Waals surface area contributed by atoms with Gasteiger partial charge in [-0.15, -0.1) is 0 Å². The molecule has 0 aromatic heterocycles. The lowest BCUT2D eigenvalue weighted by atomic mass is 10.1. The molecule has 18 heavy (non-hydrogen) atoms. The van der Waals surface area contributed by atoms with E-state index in [4.69, 9.17) is 15.2 Å². The van der Waals surface area contributed by atoms with Crippen molar-refractivity contribution in [1.29, 1.82) is 0 Å². The van der Waals surface area contributed by atoms with Crippen LogP contribution in [-0.4, -0.2) is 39.0 Å². The molecule has 1 aromatic rings. The minimum absolute atomic E-state index is 0.237. The molecule has 0 saturated carbocycles. The number of benzene rings is 1. The number of ether oxygens (including phenoxy) is 2. The third-order valence-electron chi connectivity index (χ3n) is 3.25. The van der Waals surface area contributed by atoms with Gasteiger partial charge >= 0.3 is 0 Å². The van der Waals surface area contributed by atoms with Crippen LogP contribution < -0.4 is 15.4 Å². The summed E-state index contributed by atoms with van der Waals surface area (Å²) < 4.78 is 11.1. The molecule has 1 fully saturated rings. The molecule has 1 aliphatic rings. The Morgan fingerprint density at radius 2 is 2.06 bits per heavy atom. The first kappa shape index (κ1) is 13.2. The number of nitrogens with two attached hydrogens (primary N) is 1. The van der Waals surface area contributed by atoms with Gasteiger partial charge in [-0.3, -0.25) is 0 Å². The smallest absolute Gasteiger partial charge is 0.119 e. The van der Waals surface area contributed by atoms with Crippen LogP contribution in [-0.2, 0) is 4.74 Å². The van der Waals surface area contributed by atoms with Crippen LogP contribution in [0.5, 0.6) is 5.75 Å². The van der Waals surface area contributed by atoms with Crippen molar-refractivity contribution >= 4 is 5.69 Å². The lowest BCUT2D eigenvalue weighted by Crippen LogP contribution is -2.47. The first-order valence-corrected chi connectivity index (χ1v) is 6.47. The number of methoxy groups -OCH3 is 1. The summed E-state index contributed by atoms with van der Waals surface area (Å²) in [5.74, 6) is 0.888. The number of rotatable bonds is 4. The maximum absolute atomic E-state index is 5.88. The molecule has 4 heteroatoms. The summed E-state index contributed by atoms with van der Waals surface area (Å²) in [6, 6.07) is 8.17. The van der Waals surface area contributed by atoms with Crippen LogP contribution >= 0.6 is 0 Å². The Morgan fingerprint density at radius 1 is 1.33 bits per heavy atom. The van der Waals surface area contributed by atoms with Crippen LogP contribution in [0.1, 0.15) is 13.3 Å². The van der Waals surface area contributed by atoms with E-state index in [2.05, 4.69) is 24.0 Å². The summed E-state index contributed by atoms with van der Waals surface area (Å²) in [7, 11) is 1.68. The third-order valence-corrected chi connectivity index (χ3v) is 3.25. The van der Waals surface area contributed by atoms with E-state index in [9.17, 15) is 0 Å². The molecule has 0 aliphatic carbocycles. The van der Waals surface area contributed by atoms with E-state index < -0.39 is 0 Å². The van der Waals surface area contributed by atoms with E-state index in [0.29, 0.717) is 6.54 Å². The average Bonchev–Trinajstić information content (AvgIpc) is 2.38. The van der Waals surface area contributed by atoms with E-state index in [1.54, 1.807) is 7.11 Å². The van der Waals surface area contributed by atoms with E-state index in [-0.39, 0.29) is 12.2 Å². The number of morpholine rings is 1. The summed E-state index contributed by atoms with van der Waals surface area (Å²) in [4.78, 5) is 2.36. The third kappa shape index (κ3) is 3.15. The molecular formula is C14H22N2O2. The molecule has 4 nitrogen and oxygen atoms in total. The van der Waals surface area contributed by atoms with Gasteiger partial charge < -0.3 is 20.1 Å². The first-order chi connectivity index (χ1) is 8.72. The van der Waals surface area contributed by atoms with Gasteiger partial charge in [0.15, 0.2) is 0 Å². The normalized spacial score (nSPS) is 24.1. The summed E-state index contributed by atoms with van der Waals surface area (Å²) in [5, 5.41) is 0. The highest BCUT2D eigenvalue weighted by Crippen LogP contribution is 2.23. The summed E-state index contributed by atoms with van der Waals surface area (Å²) >= 11 is 0. The van der Waals surface area contributed by atoms with Gasteiger partial charge in [0.1, 0.15) is 5.75 Å². The molecule has 0 spiro atoms. The Kier molecular flexibility index (Phi) is 4.44. The molecule has 2 atom stereocenters. The fourth-order valence-corrected chi connectivity index (χ4v) is 2.39. The summed E-state index contributed by atoms with van der Waals surface area (Å²) in [6.45, 7) is 4.62. The van der Waals surface area contributed by atoms with Crippen LogP contribution in [0.25, 0.3) is 0 Å². The van der Waals surface area contributed by atoms with Crippen molar-refractivity contribution in [3.63, 3.8) is 0 Å². The van der Waals surface area contributed by atoms with E-state index in [1.165, 1.54) is 5.69 Å². The lowest BCUT2D eigenvalue weighted by molar-refractivity contribution is -0.0183. The minimum atomic E-state index is 0.237. The zero-order valence-corrected chi connectivity index (χ0v) is 11.1. The van der Waals surface area contributed by atoms with Crippen LogP contribution in [0.4, 0.5) is 5.69 Å². The highest BCUT2D eigenvalue weighted by atomic mass is 16.5. The van der Waals surface area contributed by atoms with Gasteiger partial charge in [0.25, 0.3) is 0 Å². The highest BCUT2D eigenvalue weighted by molar-refractivity contribution is 5.49. The zero-order chi connectivity index (χ0) is 13.0. The van der Waals surface area contributed by atoms with Crippen LogP contribution in [0.15, 0.2) is 24.3 Å². The Labute approximate surface area is 109 Å². The van der Waals surface area contributed by atoms with E-state index >= 15 is 0 Å². The average molecular weight is 250 g/mol. The van der Waals surface area contributed by atoms with Gasteiger partial charge in [-0.25, -0.2) is 0 Å². The quantitative estimate of drug-likeness (QED) is 0.882. The molecule has 0 amide bonds. The molecule has 0 radical (unpaired) electrons. The van der Waals surface area contributed by atoms with Crippen LogP contribution in [0.3, 0.4) is 0 Å². The van der Waals surface area contributed by atoms with Crippen molar-refractivity contribution in [2.24, 2.45) is 5.73 Å². The van der Waals surface area contributed by atoms with Crippen molar-refractivity contribution in [3.8, 4) is 5.75 Å². The van der Waals surface area contributed by atoms with Crippen molar-refractivity contribution in [3.05, 3.63) is 24.3 Å². The second kappa shape index (κ2) is 6.07. The Bertz CT molecular complexity index is 367. The van der Waals surface area contributed by atoms with Gasteiger partial charge in [0.05, 0.1) is 19.3 Å².